The Morgan fingerprint density at radius 2 is 1.68 bits per heavy atom. The minimum absolute atomic E-state index is 0.626. The van der Waals surface area contributed by atoms with Crippen LogP contribution >= 0.6 is 0 Å². The first-order valence-electron chi connectivity index (χ1n) is 9.50. The van der Waals surface area contributed by atoms with Crippen molar-refractivity contribution in [3.05, 3.63) is 53.6 Å². The van der Waals surface area contributed by atoms with E-state index < -0.39 is 0 Å². The Morgan fingerprint density at radius 3 is 2.39 bits per heavy atom. The third-order valence-corrected chi connectivity index (χ3v) is 4.96. The summed E-state index contributed by atoms with van der Waals surface area (Å²) in [6.45, 7) is 6.53. The quantitative estimate of drug-likeness (QED) is 0.701. The fourth-order valence-corrected chi connectivity index (χ4v) is 3.36. The number of hydrogen-bond acceptors (Lipinski definition) is 6. The van der Waals surface area contributed by atoms with Crippen molar-refractivity contribution < 1.29 is 14.2 Å². The first-order valence-corrected chi connectivity index (χ1v) is 9.50. The minimum atomic E-state index is 0.626. The van der Waals surface area contributed by atoms with Crippen LogP contribution in [0, 0.1) is 11.3 Å². The summed E-state index contributed by atoms with van der Waals surface area (Å²) in [5.41, 5.74) is 1.85. The maximum Gasteiger partial charge on any atom is 0.161 e. The molecule has 0 saturated carbocycles. The molecule has 2 aromatic rings. The van der Waals surface area contributed by atoms with E-state index in [2.05, 4.69) is 28.0 Å². The minimum Gasteiger partial charge on any atom is -0.493 e. The fraction of sp³-hybridized carbons (Fsp3) is 0.409. The molecule has 0 aromatic heterocycles. The van der Waals surface area contributed by atoms with Crippen molar-refractivity contribution >= 4 is 0 Å². The monoisotopic (exact) mass is 381 g/mol. The summed E-state index contributed by atoms with van der Waals surface area (Å²) in [6, 6.07) is 15.5. The van der Waals surface area contributed by atoms with Crippen molar-refractivity contribution in [2.24, 2.45) is 0 Å². The van der Waals surface area contributed by atoms with E-state index in [-0.39, 0.29) is 0 Å². The lowest BCUT2D eigenvalue weighted by molar-refractivity contribution is 0.112. The molecule has 1 fully saturated rings. The van der Waals surface area contributed by atoms with E-state index in [1.165, 1.54) is 5.56 Å². The predicted octanol–water partition coefficient (Wildman–Crippen LogP) is 2.77. The molecular formula is C22H27N3O3. The van der Waals surface area contributed by atoms with Gasteiger partial charge in [0.25, 0.3) is 0 Å². The second kappa shape index (κ2) is 9.98. The topological polar surface area (TPSA) is 58.0 Å². The molecular weight excluding hydrogens is 354 g/mol. The molecule has 0 N–H and O–H groups in total. The average molecular weight is 381 g/mol. The van der Waals surface area contributed by atoms with E-state index in [4.69, 9.17) is 19.5 Å². The molecule has 1 aliphatic heterocycles. The molecule has 2 aromatic carbocycles. The van der Waals surface area contributed by atoms with Crippen LogP contribution in [0.1, 0.15) is 11.1 Å². The van der Waals surface area contributed by atoms with Gasteiger partial charge in [0.05, 0.1) is 25.9 Å². The van der Waals surface area contributed by atoms with E-state index in [1.54, 1.807) is 26.4 Å². The van der Waals surface area contributed by atoms with Gasteiger partial charge in [-0.3, -0.25) is 9.80 Å². The molecule has 1 aliphatic rings. The van der Waals surface area contributed by atoms with Crippen LogP contribution in [-0.4, -0.2) is 63.4 Å². The molecule has 0 aliphatic carbocycles. The molecule has 28 heavy (non-hydrogen) atoms. The van der Waals surface area contributed by atoms with Gasteiger partial charge in [-0.25, -0.2) is 0 Å². The Hall–Kier alpha value is -2.75. The zero-order chi connectivity index (χ0) is 19.8. The van der Waals surface area contributed by atoms with Crippen LogP contribution in [-0.2, 0) is 6.54 Å². The maximum atomic E-state index is 8.95. The Kier molecular flexibility index (Phi) is 7.12. The van der Waals surface area contributed by atoms with Gasteiger partial charge in [0.1, 0.15) is 12.4 Å². The smallest absolute Gasteiger partial charge is 0.161 e. The number of nitrogens with zero attached hydrogens (tertiary/aromatic N) is 3. The third-order valence-electron chi connectivity index (χ3n) is 4.96. The van der Waals surface area contributed by atoms with Gasteiger partial charge >= 0.3 is 0 Å². The summed E-state index contributed by atoms with van der Waals surface area (Å²) in [7, 11) is 3.32. The lowest BCUT2D eigenvalue weighted by Gasteiger charge is -2.34. The van der Waals surface area contributed by atoms with Crippen LogP contribution in [0.3, 0.4) is 0 Å². The van der Waals surface area contributed by atoms with E-state index >= 15 is 0 Å². The fourth-order valence-electron chi connectivity index (χ4n) is 3.36. The number of piperazine rings is 1. The summed E-state index contributed by atoms with van der Waals surface area (Å²) in [4.78, 5) is 4.87. The molecule has 0 bridgehead atoms. The van der Waals surface area contributed by atoms with Crippen LogP contribution < -0.4 is 14.2 Å². The number of benzene rings is 2. The molecule has 6 heteroatoms. The van der Waals surface area contributed by atoms with Gasteiger partial charge in [0, 0.05) is 39.3 Å². The number of hydrogen-bond donors (Lipinski definition) is 0. The molecule has 3 rings (SSSR count). The molecule has 148 valence electrons. The molecule has 1 saturated heterocycles. The lowest BCUT2D eigenvalue weighted by Crippen LogP contribution is -2.47. The van der Waals surface area contributed by atoms with Gasteiger partial charge in [-0.1, -0.05) is 12.1 Å². The Bertz CT molecular complexity index is 811. The lowest BCUT2D eigenvalue weighted by atomic mass is 10.1. The summed E-state index contributed by atoms with van der Waals surface area (Å²) in [6.07, 6.45) is 0. The van der Waals surface area contributed by atoms with E-state index in [0.717, 1.165) is 56.5 Å². The van der Waals surface area contributed by atoms with E-state index in [1.807, 2.05) is 18.2 Å². The molecule has 0 unspecified atom stereocenters. The summed E-state index contributed by atoms with van der Waals surface area (Å²) in [5, 5.41) is 8.95. The van der Waals surface area contributed by atoms with Crippen LogP contribution in [0.25, 0.3) is 0 Å². The van der Waals surface area contributed by atoms with Crippen molar-refractivity contribution in [2.45, 2.75) is 6.54 Å². The Morgan fingerprint density at radius 1 is 0.929 bits per heavy atom. The van der Waals surface area contributed by atoms with Crippen LogP contribution in [0.15, 0.2) is 42.5 Å². The normalized spacial score (nSPS) is 15.0. The number of methoxy groups -OCH3 is 2. The third kappa shape index (κ3) is 5.38. The van der Waals surface area contributed by atoms with Gasteiger partial charge in [-0.2, -0.15) is 5.26 Å². The van der Waals surface area contributed by atoms with Gasteiger partial charge in [-0.15, -0.1) is 0 Å². The predicted molar refractivity (Wildman–Crippen MR) is 108 cm³/mol. The second-order valence-electron chi connectivity index (χ2n) is 6.80. The number of ether oxygens (including phenoxy) is 3. The van der Waals surface area contributed by atoms with E-state index in [9.17, 15) is 0 Å². The summed E-state index contributed by atoms with van der Waals surface area (Å²) >= 11 is 0. The molecule has 0 atom stereocenters. The van der Waals surface area contributed by atoms with Crippen molar-refractivity contribution in [1.29, 1.82) is 5.26 Å². The first kappa shape index (κ1) is 20.0. The highest BCUT2D eigenvalue weighted by molar-refractivity contribution is 5.42. The highest BCUT2D eigenvalue weighted by Gasteiger charge is 2.17. The Balaban J connectivity index is 1.41. The first-order chi connectivity index (χ1) is 13.7. The number of rotatable bonds is 8. The highest BCUT2D eigenvalue weighted by Crippen LogP contribution is 2.28. The molecule has 0 spiro atoms. The number of nitriles is 1. The molecule has 1 heterocycles. The molecule has 0 amide bonds. The molecule has 6 nitrogen and oxygen atoms in total. The second-order valence-corrected chi connectivity index (χ2v) is 6.80. The van der Waals surface area contributed by atoms with Crippen molar-refractivity contribution in [3.8, 4) is 23.3 Å². The summed E-state index contributed by atoms with van der Waals surface area (Å²) < 4.78 is 16.5. The van der Waals surface area contributed by atoms with Crippen molar-refractivity contribution in [1.82, 2.24) is 9.80 Å². The summed E-state index contributed by atoms with van der Waals surface area (Å²) in [5.74, 6) is 2.29. The largest absolute Gasteiger partial charge is 0.493 e. The maximum absolute atomic E-state index is 8.95. The zero-order valence-electron chi connectivity index (χ0n) is 16.6. The van der Waals surface area contributed by atoms with Gasteiger partial charge in [0.15, 0.2) is 11.5 Å². The SMILES string of the molecule is COc1ccc(CN2CCN(CCOc3cccc(C#N)c3)CC2)cc1OC. The van der Waals surface area contributed by atoms with Gasteiger partial charge in [0.2, 0.25) is 0 Å². The van der Waals surface area contributed by atoms with Crippen LogP contribution in [0.2, 0.25) is 0 Å². The standard InChI is InChI=1S/C22H27N3O3/c1-26-21-7-6-19(15-22(21)27-2)17-25-10-8-24(9-11-25)12-13-28-20-5-3-4-18(14-20)16-23/h3-7,14-15H,8-13,17H2,1-2H3. The van der Waals surface area contributed by atoms with Crippen molar-refractivity contribution in [2.75, 3.05) is 53.6 Å². The van der Waals surface area contributed by atoms with Crippen LogP contribution in [0.4, 0.5) is 0 Å². The Labute approximate surface area is 166 Å². The highest BCUT2D eigenvalue weighted by atomic mass is 16.5. The average Bonchev–Trinajstić information content (AvgIpc) is 2.75. The zero-order valence-corrected chi connectivity index (χ0v) is 16.6. The van der Waals surface area contributed by atoms with Gasteiger partial charge in [-0.05, 0) is 35.9 Å². The van der Waals surface area contributed by atoms with Crippen LogP contribution in [0.5, 0.6) is 17.2 Å². The van der Waals surface area contributed by atoms with Gasteiger partial charge < -0.3 is 14.2 Å². The van der Waals surface area contributed by atoms with Crippen molar-refractivity contribution in [3.63, 3.8) is 0 Å². The molecule has 0 radical (unpaired) electrons. The van der Waals surface area contributed by atoms with E-state index in [0.29, 0.717) is 12.2 Å².